The minimum absolute atomic E-state index is 0.185. The van der Waals surface area contributed by atoms with Crippen LogP contribution < -0.4 is 5.73 Å². The molecule has 0 radical (unpaired) electrons. The van der Waals surface area contributed by atoms with Crippen molar-refractivity contribution in [1.29, 1.82) is 5.26 Å². The van der Waals surface area contributed by atoms with Crippen molar-refractivity contribution < 1.29 is 9.21 Å². The summed E-state index contributed by atoms with van der Waals surface area (Å²) in [5, 5.41) is 9.98. The van der Waals surface area contributed by atoms with Crippen LogP contribution in [0.2, 0.25) is 0 Å². The number of carbonyl (C=O) groups is 1. The summed E-state index contributed by atoms with van der Waals surface area (Å²) in [7, 11) is 0. The van der Waals surface area contributed by atoms with Crippen LogP contribution in [0.15, 0.2) is 65.2 Å². The number of nitriles is 1. The van der Waals surface area contributed by atoms with E-state index in [1.165, 1.54) is 0 Å². The van der Waals surface area contributed by atoms with E-state index < -0.39 is 0 Å². The molecule has 5 heteroatoms. The molecule has 4 rings (SSSR count). The lowest BCUT2D eigenvalue weighted by Crippen LogP contribution is -2.08. The van der Waals surface area contributed by atoms with Crippen LogP contribution in [0.25, 0.3) is 22.2 Å². The van der Waals surface area contributed by atoms with Crippen molar-refractivity contribution in [3.8, 4) is 17.3 Å². The Morgan fingerprint density at radius 1 is 1.11 bits per heavy atom. The van der Waals surface area contributed by atoms with E-state index in [0.717, 1.165) is 5.56 Å². The second-order valence-corrected chi connectivity index (χ2v) is 6.16. The zero-order chi connectivity index (χ0) is 19.0. The first kappa shape index (κ1) is 16.6. The Morgan fingerprint density at radius 2 is 1.89 bits per heavy atom. The number of carbonyl (C=O) groups excluding carboxylic acids is 1. The molecule has 2 aromatic carbocycles. The molecule has 0 atom stereocenters. The molecule has 2 heterocycles. The number of nitrogens with zero attached hydrogens (tertiary/aromatic N) is 2. The van der Waals surface area contributed by atoms with Gasteiger partial charge in [-0.05, 0) is 25.1 Å². The lowest BCUT2D eigenvalue weighted by molar-refractivity contribution is 0.101. The first-order valence-corrected chi connectivity index (χ1v) is 8.38. The van der Waals surface area contributed by atoms with E-state index in [0.29, 0.717) is 39.0 Å². The standard InChI is InChI=1S/C22H15N3O2/c1-13-18-15(12-23)8-5-9-17(18)27-22(13)21(26)16-10-11-25-20(19(16)24)14-6-3-2-4-7-14/h2-11H,24H2,1H3. The zero-order valence-corrected chi connectivity index (χ0v) is 14.6. The van der Waals surface area contributed by atoms with E-state index in [-0.39, 0.29) is 11.5 Å². The van der Waals surface area contributed by atoms with Gasteiger partial charge < -0.3 is 10.2 Å². The number of ketones is 1. The Labute approximate surface area is 155 Å². The highest BCUT2D eigenvalue weighted by Gasteiger charge is 2.24. The predicted molar refractivity (Wildman–Crippen MR) is 103 cm³/mol. The van der Waals surface area contributed by atoms with Crippen molar-refractivity contribution in [2.75, 3.05) is 5.73 Å². The van der Waals surface area contributed by atoms with Gasteiger partial charge in [0.05, 0.1) is 28.6 Å². The summed E-state index contributed by atoms with van der Waals surface area (Å²) in [4.78, 5) is 17.5. The summed E-state index contributed by atoms with van der Waals surface area (Å²) < 4.78 is 5.78. The number of fused-ring (bicyclic) bond motifs is 1. The molecule has 0 aliphatic carbocycles. The molecule has 0 unspecified atom stereocenters. The Balaban J connectivity index is 1.87. The maximum absolute atomic E-state index is 13.2. The fourth-order valence-corrected chi connectivity index (χ4v) is 3.23. The molecule has 0 saturated carbocycles. The highest BCUT2D eigenvalue weighted by molar-refractivity contribution is 6.14. The van der Waals surface area contributed by atoms with Gasteiger partial charge in [-0.1, -0.05) is 36.4 Å². The minimum atomic E-state index is -0.329. The average Bonchev–Trinajstić information content (AvgIpc) is 3.05. The lowest BCUT2D eigenvalue weighted by Gasteiger charge is -2.09. The maximum Gasteiger partial charge on any atom is 0.230 e. The Morgan fingerprint density at radius 3 is 2.63 bits per heavy atom. The van der Waals surface area contributed by atoms with Crippen molar-refractivity contribution in [3.63, 3.8) is 0 Å². The van der Waals surface area contributed by atoms with Gasteiger partial charge in [0.1, 0.15) is 5.58 Å². The lowest BCUT2D eigenvalue weighted by atomic mass is 10.00. The van der Waals surface area contributed by atoms with E-state index in [4.69, 9.17) is 10.2 Å². The van der Waals surface area contributed by atoms with Gasteiger partial charge >= 0.3 is 0 Å². The van der Waals surface area contributed by atoms with E-state index in [1.807, 2.05) is 30.3 Å². The third kappa shape index (κ3) is 2.64. The molecule has 0 amide bonds. The molecule has 0 fully saturated rings. The van der Waals surface area contributed by atoms with Crippen LogP contribution in [-0.4, -0.2) is 10.8 Å². The SMILES string of the molecule is Cc1c(C(=O)c2ccnc(-c3ccccc3)c2N)oc2cccc(C#N)c12. The normalized spacial score (nSPS) is 10.7. The molecule has 0 spiro atoms. The number of nitrogen functional groups attached to an aromatic ring is 1. The quantitative estimate of drug-likeness (QED) is 0.548. The number of aryl methyl sites for hydroxylation is 1. The van der Waals surface area contributed by atoms with Crippen LogP contribution in [0.5, 0.6) is 0 Å². The molecule has 5 nitrogen and oxygen atoms in total. The van der Waals surface area contributed by atoms with E-state index in [1.54, 1.807) is 37.4 Å². The second kappa shape index (κ2) is 6.43. The number of benzene rings is 2. The van der Waals surface area contributed by atoms with Crippen LogP contribution in [0.4, 0.5) is 5.69 Å². The van der Waals surface area contributed by atoms with Crippen molar-refractivity contribution >= 4 is 22.4 Å². The third-order valence-corrected chi connectivity index (χ3v) is 4.56. The zero-order valence-electron chi connectivity index (χ0n) is 14.6. The fourth-order valence-electron chi connectivity index (χ4n) is 3.23. The average molecular weight is 353 g/mol. The largest absolute Gasteiger partial charge is 0.452 e. The van der Waals surface area contributed by atoms with Gasteiger partial charge in [0.2, 0.25) is 5.78 Å². The number of furan rings is 1. The number of anilines is 1. The van der Waals surface area contributed by atoms with Gasteiger partial charge in [0.15, 0.2) is 5.76 Å². The topological polar surface area (TPSA) is 92.9 Å². The van der Waals surface area contributed by atoms with Crippen molar-refractivity contribution in [2.24, 2.45) is 0 Å². The summed E-state index contributed by atoms with van der Waals surface area (Å²) in [6.07, 6.45) is 1.56. The molecule has 27 heavy (non-hydrogen) atoms. The van der Waals surface area contributed by atoms with Crippen LogP contribution in [0.3, 0.4) is 0 Å². The van der Waals surface area contributed by atoms with Crippen LogP contribution >= 0.6 is 0 Å². The van der Waals surface area contributed by atoms with Gasteiger partial charge in [-0.15, -0.1) is 0 Å². The molecular formula is C22H15N3O2. The summed E-state index contributed by atoms with van der Waals surface area (Å²) >= 11 is 0. The number of rotatable bonds is 3. The smallest absolute Gasteiger partial charge is 0.230 e. The number of pyridine rings is 1. The first-order chi connectivity index (χ1) is 13.1. The predicted octanol–water partition coefficient (Wildman–Crippen LogP) is 4.49. The highest BCUT2D eigenvalue weighted by atomic mass is 16.3. The second-order valence-electron chi connectivity index (χ2n) is 6.16. The van der Waals surface area contributed by atoms with Crippen LogP contribution in [0, 0.1) is 18.3 Å². The molecule has 0 saturated heterocycles. The van der Waals surface area contributed by atoms with Crippen LogP contribution in [0.1, 0.15) is 27.2 Å². The fraction of sp³-hybridized carbons (Fsp3) is 0.0455. The summed E-state index contributed by atoms with van der Waals surface area (Å²) in [5.74, 6) is -0.144. The molecule has 0 bridgehead atoms. The third-order valence-electron chi connectivity index (χ3n) is 4.56. The van der Waals surface area contributed by atoms with Gasteiger partial charge in [-0.3, -0.25) is 9.78 Å². The van der Waals surface area contributed by atoms with Crippen molar-refractivity contribution in [1.82, 2.24) is 4.98 Å². The number of hydrogen-bond donors (Lipinski definition) is 1. The molecule has 130 valence electrons. The summed E-state index contributed by atoms with van der Waals surface area (Å²) in [6, 6.07) is 18.3. The number of nitrogens with two attached hydrogens (primary N) is 1. The van der Waals surface area contributed by atoms with Gasteiger partial charge in [-0.25, -0.2) is 0 Å². The van der Waals surface area contributed by atoms with Crippen LogP contribution in [-0.2, 0) is 0 Å². The van der Waals surface area contributed by atoms with Gasteiger partial charge in [-0.2, -0.15) is 5.26 Å². The number of aromatic nitrogens is 1. The molecule has 4 aromatic rings. The van der Waals surface area contributed by atoms with E-state index in [9.17, 15) is 10.1 Å². The first-order valence-electron chi connectivity index (χ1n) is 8.38. The van der Waals surface area contributed by atoms with Gasteiger partial charge in [0.25, 0.3) is 0 Å². The van der Waals surface area contributed by atoms with Crippen molar-refractivity contribution in [2.45, 2.75) is 6.92 Å². The monoisotopic (exact) mass is 353 g/mol. The van der Waals surface area contributed by atoms with Gasteiger partial charge in [0, 0.05) is 22.7 Å². The van der Waals surface area contributed by atoms with E-state index >= 15 is 0 Å². The Hall–Kier alpha value is -3.91. The molecule has 2 aromatic heterocycles. The van der Waals surface area contributed by atoms with E-state index in [2.05, 4.69) is 11.1 Å². The van der Waals surface area contributed by atoms with Crippen molar-refractivity contribution in [3.05, 3.63) is 83.2 Å². The molecule has 2 N–H and O–H groups in total. The maximum atomic E-state index is 13.2. The summed E-state index contributed by atoms with van der Waals surface area (Å²) in [5.41, 5.74) is 9.89. The Kier molecular flexibility index (Phi) is 3.94. The number of hydrogen-bond acceptors (Lipinski definition) is 5. The highest BCUT2D eigenvalue weighted by Crippen LogP contribution is 2.32. The molecule has 0 aliphatic heterocycles. The molecular weight excluding hydrogens is 338 g/mol. The minimum Gasteiger partial charge on any atom is -0.452 e. The Bertz CT molecular complexity index is 1220. The molecule has 0 aliphatic rings. The summed E-state index contributed by atoms with van der Waals surface area (Å²) in [6.45, 7) is 1.77.